The first kappa shape index (κ1) is 12.1. The topological polar surface area (TPSA) is 73.1 Å². The third kappa shape index (κ3) is 2.51. The van der Waals surface area contributed by atoms with Crippen molar-refractivity contribution in [2.75, 3.05) is 0 Å². The van der Waals surface area contributed by atoms with Gasteiger partial charge in [-0.25, -0.2) is 0 Å². The summed E-state index contributed by atoms with van der Waals surface area (Å²) in [5.74, 6) is -0.527. The molecule has 2 N–H and O–H groups in total. The summed E-state index contributed by atoms with van der Waals surface area (Å²) < 4.78 is 0. The van der Waals surface area contributed by atoms with Gasteiger partial charge in [0.1, 0.15) is 11.3 Å². The quantitative estimate of drug-likeness (QED) is 0.812. The number of hydrogen-bond acceptors (Lipinski definition) is 3. The average Bonchev–Trinajstić information content (AvgIpc) is 2.29. The molecule has 84 valence electrons. The standard InChI is InChI=1S/C12H14N2O2/c1-3-12(2,8-13)14-11(16)9-6-4-5-7-10(9)15/h4-7,15H,3H2,1-2H3,(H,14,16). The van der Waals surface area contributed by atoms with Crippen molar-refractivity contribution in [1.82, 2.24) is 5.32 Å². The molecule has 1 aromatic carbocycles. The van der Waals surface area contributed by atoms with Gasteiger partial charge in [0.2, 0.25) is 0 Å². The Labute approximate surface area is 94.5 Å². The van der Waals surface area contributed by atoms with Crippen molar-refractivity contribution >= 4 is 5.91 Å². The number of carbonyl (C=O) groups is 1. The van der Waals surface area contributed by atoms with Gasteiger partial charge in [-0.1, -0.05) is 19.1 Å². The molecule has 0 saturated carbocycles. The molecule has 1 amide bonds. The van der Waals surface area contributed by atoms with Crippen LogP contribution < -0.4 is 5.32 Å². The number of amides is 1. The number of carbonyl (C=O) groups excluding carboxylic acids is 1. The summed E-state index contributed by atoms with van der Waals surface area (Å²) in [4.78, 5) is 11.8. The highest BCUT2D eigenvalue weighted by atomic mass is 16.3. The molecule has 0 aliphatic carbocycles. The zero-order valence-corrected chi connectivity index (χ0v) is 9.32. The predicted molar refractivity (Wildman–Crippen MR) is 59.9 cm³/mol. The normalized spacial score (nSPS) is 13.6. The van der Waals surface area contributed by atoms with Crippen LogP contribution in [0.5, 0.6) is 5.75 Å². The maximum atomic E-state index is 11.8. The number of hydrogen-bond donors (Lipinski definition) is 2. The van der Waals surface area contributed by atoms with Crippen molar-refractivity contribution in [2.24, 2.45) is 0 Å². The van der Waals surface area contributed by atoms with Gasteiger partial charge in [0.05, 0.1) is 11.6 Å². The fraction of sp³-hybridized carbons (Fsp3) is 0.333. The first-order chi connectivity index (χ1) is 7.52. The summed E-state index contributed by atoms with van der Waals surface area (Å²) in [5.41, 5.74) is -0.725. The van der Waals surface area contributed by atoms with Crippen molar-refractivity contribution in [2.45, 2.75) is 25.8 Å². The molecule has 0 heterocycles. The Kier molecular flexibility index (Phi) is 3.51. The maximum Gasteiger partial charge on any atom is 0.256 e. The molecule has 0 radical (unpaired) electrons. The van der Waals surface area contributed by atoms with Crippen molar-refractivity contribution in [3.63, 3.8) is 0 Å². The Balaban J connectivity index is 2.90. The van der Waals surface area contributed by atoms with E-state index in [1.54, 1.807) is 19.1 Å². The Bertz CT molecular complexity index is 437. The second-order valence-corrected chi connectivity index (χ2v) is 3.77. The van der Waals surface area contributed by atoms with Gasteiger partial charge >= 0.3 is 0 Å². The van der Waals surface area contributed by atoms with Crippen molar-refractivity contribution in [1.29, 1.82) is 5.26 Å². The predicted octanol–water partition coefficient (Wildman–Crippen LogP) is 1.81. The molecule has 0 spiro atoms. The minimum Gasteiger partial charge on any atom is -0.507 e. The van der Waals surface area contributed by atoms with Crippen molar-refractivity contribution < 1.29 is 9.90 Å². The number of phenolic OH excluding ortho intramolecular Hbond substituents is 1. The van der Waals surface area contributed by atoms with Gasteiger partial charge in [0.25, 0.3) is 5.91 Å². The number of nitrogens with zero attached hydrogens (tertiary/aromatic N) is 1. The molecular formula is C12H14N2O2. The molecule has 0 aromatic heterocycles. The summed E-state index contributed by atoms with van der Waals surface area (Å²) >= 11 is 0. The van der Waals surface area contributed by atoms with Gasteiger partial charge in [-0.05, 0) is 25.5 Å². The van der Waals surface area contributed by atoms with E-state index in [9.17, 15) is 9.90 Å². The molecule has 1 rings (SSSR count). The number of aromatic hydroxyl groups is 1. The lowest BCUT2D eigenvalue weighted by Gasteiger charge is -2.21. The van der Waals surface area contributed by atoms with Gasteiger partial charge in [-0.15, -0.1) is 0 Å². The number of rotatable bonds is 3. The fourth-order valence-electron chi connectivity index (χ4n) is 1.18. The van der Waals surface area contributed by atoms with E-state index in [1.165, 1.54) is 12.1 Å². The molecule has 1 aromatic rings. The number of benzene rings is 1. The lowest BCUT2D eigenvalue weighted by atomic mass is 10.0. The number of phenols is 1. The maximum absolute atomic E-state index is 11.8. The van der Waals surface area contributed by atoms with E-state index in [0.717, 1.165) is 0 Å². The summed E-state index contributed by atoms with van der Waals surface area (Å²) in [6.07, 6.45) is 0.503. The number of para-hydroxylation sites is 1. The van der Waals surface area contributed by atoms with E-state index in [4.69, 9.17) is 5.26 Å². The minimum atomic E-state index is -0.903. The first-order valence-corrected chi connectivity index (χ1v) is 5.04. The zero-order valence-electron chi connectivity index (χ0n) is 9.32. The van der Waals surface area contributed by atoms with Crippen LogP contribution in [0.2, 0.25) is 0 Å². The third-order valence-electron chi connectivity index (χ3n) is 2.49. The molecule has 0 saturated heterocycles. The van der Waals surface area contributed by atoms with Gasteiger partial charge in [-0.3, -0.25) is 4.79 Å². The van der Waals surface area contributed by atoms with Gasteiger partial charge < -0.3 is 10.4 Å². The Morgan fingerprint density at radius 2 is 2.19 bits per heavy atom. The number of nitriles is 1. The van der Waals surface area contributed by atoms with Crippen LogP contribution in [0.3, 0.4) is 0 Å². The van der Waals surface area contributed by atoms with Crippen LogP contribution in [0.4, 0.5) is 0 Å². The second-order valence-electron chi connectivity index (χ2n) is 3.77. The van der Waals surface area contributed by atoms with Gasteiger partial charge in [0, 0.05) is 0 Å². The van der Waals surface area contributed by atoms with Crippen molar-refractivity contribution in [3.05, 3.63) is 29.8 Å². The van der Waals surface area contributed by atoms with Crippen LogP contribution in [0.1, 0.15) is 30.6 Å². The molecule has 4 heteroatoms. The molecule has 0 fully saturated rings. The summed E-state index contributed by atoms with van der Waals surface area (Å²) in [5, 5.41) is 21.0. The molecule has 1 unspecified atom stereocenters. The molecular weight excluding hydrogens is 204 g/mol. The monoisotopic (exact) mass is 218 g/mol. The Hall–Kier alpha value is -2.02. The lowest BCUT2D eigenvalue weighted by molar-refractivity contribution is 0.0920. The van der Waals surface area contributed by atoms with Crippen LogP contribution in [-0.2, 0) is 0 Å². The zero-order chi connectivity index (χ0) is 12.2. The Morgan fingerprint density at radius 3 is 2.69 bits per heavy atom. The van der Waals surface area contributed by atoms with Crippen LogP contribution in [0.15, 0.2) is 24.3 Å². The summed E-state index contributed by atoms with van der Waals surface area (Å²) in [6, 6.07) is 8.27. The first-order valence-electron chi connectivity index (χ1n) is 5.04. The van der Waals surface area contributed by atoms with E-state index in [0.29, 0.717) is 6.42 Å². The molecule has 0 bridgehead atoms. The molecule has 0 aliphatic rings. The SMILES string of the molecule is CCC(C)(C#N)NC(=O)c1ccccc1O. The molecule has 16 heavy (non-hydrogen) atoms. The minimum absolute atomic E-state index is 0.0867. The summed E-state index contributed by atoms with van der Waals surface area (Å²) in [6.45, 7) is 3.46. The fourth-order valence-corrected chi connectivity index (χ4v) is 1.18. The Morgan fingerprint density at radius 1 is 1.56 bits per heavy atom. The largest absolute Gasteiger partial charge is 0.507 e. The van der Waals surface area contributed by atoms with Gasteiger partial charge in [-0.2, -0.15) is 5.26 Å². The molecule has 1 atom stereocenters. The second kappa shape index (κ2) is 4.67. The summed E-state index contributed by atoms with van der Waals surface area (Å²) in [7, 11) is 0. The van der Waals surface area contributed by atoms with Crippen LogP contribution in [0, 0.1) is 11.3 Å². The molecule has 4 nitrogen and oxygen atoms in total. The highest BCUT2D eigenvalue weighted by Crippen LogP contribution is 2.17. The van der Waals surface area contributed by atoms with Crippen molar-refractivity contribution in [3.8, 4) is 11.8 Å². The third-order valence-corrected chi connectivity index (χ3v) is 2.49. The van der Waals surface area contributed by atoms with E-state index >= 15 is 0 Å². The average molecular weight is 218 g/mol. The van der Waals surface area contributed by atoms with E-state index in [-0.39, 0.29) is 11.3 Å². The van der Waals surface area contributed by atoms with Gasteiger partial charge in [0.15, 0.2) is 0 Å². The smallest absolute Gasteiger partial charge is 0.256 e. The highest BCUT2D eigenvalue weighted by molar-refractivity contribution is 5.97. The van der Waals surface area contributed by atoms with E-state index < -0.39 is 11.4 Å². The molecule has 0 aliphatic heterocycles. The highest BCUT2D eigenvalue weighted by Gasteiger charge is 2.25. The number of nitrogens with one attached hydrogen (secondary N) is 1. The van der Waals surface area contributed by atoms with Crippen LogP contribution in [-0.4, -0.2) is 16.6 Å². The van der Waals surface area contributed by atoms with Crippen LogP contribution >= 0.6 is 0 Å². The lowest BCUT2D eigenvalue weighted by Crippen LogP contribution is -2.44. The van der Waals surface area contributed by atoms with E-state index in [1.807, 2.05) is 13.0 Å². The van der Waals surface area contributed by atoms with E-state index in [2.05, 4.69) is 5.32 Å². The van der Waals surface area contributed by atoms with Crippen LogP contribution in [0.25, 0.3) is 0 Å².